The third kappa shape index (κ3) is 6.74. The van der Waals surface area contributed by atoms with Crippen LogP contribution in [0.2, 0.25) is 5.02 Å². The predicted molar refractivity (Wildman–Crippen MR) is 112 cm³/mol. The van der Waals surface area contributed by atoms with E-state index < -0.39 is 16.0 Å². The maximum atomic E-state index is 12.8. The molecule has 0 aliphatic rings. The maximum absolute atomic E-state index is 12.8. The van der Waals surface area contributed by atoms with Crippen molar-refractivity contribution in [2.75, 3.05) is 10.0 Å². The fraction of sp³-hybridized carbons (Fsp3) is 0.278. The molecular formula is C18H18ClN3O5S2. The predicted octanol–water partition coefficient (Wildman–Crippen LogP) is 3.47. The monoisotopic (exact) mass is 455 g/mol. The number of hydrogen-bond acceptors (Lipinski definition) is 6. The van der Waals surface area contributed by atoms with Crippen LogP contribution in [0.15, 0.2) is 22.4 Å². The second-order valence-electron chi connectivity index (χ2n) is 5.92. The summed E-state index contributed by atoms with van der Waals surface area (Å²) >= 11 is 6.83. The fourth-order valence-electron chi connectivity index (χ4n) is 2.22. The fourth-order valence-corrected chi connectivity index (χ4v) is 4.94. The normalized spacial score (nSPS) is 10.7. The van der Waals surface area contributed by atoms with E-state index in [0.717, 1.165) is 11.3 Å². The number of aliphatic carboxylic acids is 1. The van der Waals surface area contributed by atoms with Crippen molar-refractivity contribution in [1.29, 1.82) is 0 Å². The lowest BCUT2D eigenvalue weighted by Gasteiger charge is -2.09. The first-order valence-corrected chi connectivity index (χ1v) is 11.0. The average Bonchev–Trinajstić information content (AvgIpc) is 2.97. The van der Waals surface area contributed by atoms with Crippen LogP contribution in [0.25, 0.3) is 0 Å². The highest BCUT2D eigenvalue weighted by Crippen LogP contribution is 2.30. The molecule has 0 saturated heterocycles. The third-order valence-electron chi connectivity index (χ3n) is 3.42. The Morgan fingerprint density at radius 1 is 1.34 bits per heavy atom. The SMILES string of the molecule is CC(=O)Nc1nc(C)c(S(=O)(=O)Nc2ccc(Cl)cc2C#CCCCC(=O)O)s1. The number of aryl methyl sites for hydroxylation is 1. The summed E-state index contributed by atoms with van der Waals surface area (Å²) in [6.45, 7) is 2.83. The summed E-state index contributed by atoms with van der Waals surface area (Å²) in [4.78, 5) is 25.8. The van der Waals surface area contributed by atoms with Crippen molar-refractivity contribution in [2.24, 2.45) is 0 Å². The number of amides is 1. The molecule has 8 nitrogen and oxygen atoms in total. The molecule has 1 heterocycles. The van der Waals surface area contributed by atoms with E-state index >= 15 is 0 Å². The van der Waals surface area contributed by atoms with E-state index in [-0.39, 0.29) is 33.1 Å². The number of anilines is 2. The van der Waals surface area contributed by atoms with Gasteiger partial charge < -0.3 is 10.4 Å². The van der Waals surface area contributed by atoms with Gasteiger partial charge in [0, 0.05) is 24.8 Å². The third-order valence-corrected chi connectivity index (χ3v) is 6.71. The highest BCUT2D eigenvalue weighted by molar-refractivity contribution is 7.94. The zero-order valence-corrected chi connectivity index (χ0v) is 18.0. The van der Waals surface area contributed by atoms with Gasteiger partial charge in [0.25, 0.3) is 10.0 Å². The number of carboxylic acids is 1. The molecule has 0 unspecified atom stereocenters. The molecule has 2 rings (SSSR count). The number of nitrogens with zero attached hydrogens (tertiary/aromatic N) is 1. The lowest BCUT2D eigenvalue weighted by molar-refractivity contribution is -0.137. The summed E-state index contributed by atoms with van der Waals surface area (Å²) in [5.41, 5.74) is 0.844. The Bertz CT molecular complexity index is 1100. The van der Waals surface area contributed by atoms with Crippen LogP contribution >= 0.6 is 22.9 Å². The number of nitrogens with one attached hydrogen (secondary N) is 2. The molecule has 3 N–H and O–H groups in total. The quantitative estimate of drug-likeness (QED) is 0.433. The lowest BCUT2D eigenvalue weighted by atomic mass is 10.1. The summed E-state index contributed by atoms with van der Waals surface area (Å²) in [6, 6.07) is 4.54. The number of sulfonamides is 1. The molecule has 0 radical (unpaired) electrons. The molecule has 1 amide bonds. The van der Waals surface area contributed by atoms with Crippen LogP contribution in [0.3, 0.4) is 0 Å². The van der Waals surface area contributed by atoms with Crippen LogP contribution in [0, 0.1) is 18.8 Å². The number of carbonyl (C=O) groups excluding carboxylic acids is 1. The van der Waals surface area contributed by atoms with E-state index in [2.05, 4.69) is 26.9 Å². The van der Waals surface area contributed by atoms with Crippen LogP contribution in [-0.2, 0) is 19.6 Å². The molecule has 0 aliphatic carbocycles. The van der Waals surface area contributed by atoms with Gasteiger partial charge in [-0.1, -0.05) is 34.8 Å². The summed E-state index contributed by atoms with van der Waals surface area (Å²) in [6.07, 6.45) is 0.736. The zero-order chi connectivity index (χ0) is 21.6. The van der Waals surface area contributed by atoms with Crippen molar-refractivity contribution >= 4 is 55.7 Å². The van der Waals surface area contributed by atoms with Gasteiger partial charge in [-0.2, -0.15) is 0 Å². The smallest absolute Gasteiger partial charge is 0.303 e. The van der Waals surface area contributed by atoms with E-state index in [1.807, 2.05) is 0 Å². The number of carboxylic acid groups (broad SMARTS) is 1. The molecule has 1 aromatic heterocycles. The second kappa shape index (κ2) is 9.73. The number of unbranched alkanes of at least 4 members (excludes halogenated alkanes) is 1. The topological polar surface area (TPSA) is 125 Å². The Balaban J connectivity index is 2.27. The first-order valence-electron chi connectivity index (χ1n) is 8.36. The molecular weight excluding hydrogens is 438 g/mol. The standard InChI is InChI=1S/C18H18ClN3O5S2/c1-11-17(28-18(20-11)21-12(2)23)29(26,27)22-15-9-8-14(19)10-13(15)6-4-3-5-7-16(24)25/h8-10,22H,3,5,7H2,1-2H3,(H,24,25)(H,20,21,23). The van der Waals surface area contributed by atoms with Gasteiger partial charge in [0.15, 0.2) is 9.34 Å². The van der Waals surface area contributed by atoms with E-state index in [4.69, 9.17) is 16.7 Å². The van der Waals surface area contributed by atoms with Gasteiger partial charge in [-0.25, -0.2) is 13.4 Å². The summed E-state index contributed by atoms with van der Waals surface area (Å²) < 4.78 is 28.1. The number of thiazole rings is 1. The number of carbonyl (C=O) groups is 2. The number of benzene rings is 1. The van der Waals surface area contributed by atoms with Crippen LogP contribution < -0.4 is 10.0 Å². The Morgan fingerprint density at radius 2 is 2.07 bits per heavy atom. The van der Waals surface area contributed by atoms with Gasteiger partial charge in [0.1, 0.15) is 0 Å². The first-order chi connectivity index (χ1) is 13.6. The molecule has 11 heteroatoms. The molecule has 1 aromatic carbocycles. The molecule has 0 saturated carbocycles. The first kappa shape index (κ1) is 22.7. The largest absolute Gasteiger partial charge is 0.481 e. The van der Waals surface area contributed by atoms with E-state index in [0.29, 0.717) is 23.4 Å². The van der Waals surface area contributed by atoms with Gasteiger partial charge >= 0.3 is 5.97 Å². The Labute approximate surface area is 177 Å². The minimum absolute atomic E-state index is 0.00496. The van der Waals surface area contributed by atoms with Crippen molar-refractivity contribution in [3.63, 3.8) is 0 Å². The minimum atomic E-state index is -3.97. The Hall–Kier alpha value is -2.61. The van der Waals surface area contributed by atoms with Crippen LogP contribution in [-0.4, -0.2) is 30.4 Å². The lowest BCUT2D eigenvalue weighted by Crippen LogP contribution is -2.13. The van der Waals surface area contributed by atoms with Crippen molar-refractivity contribution in [3.05, 3.63) is 34.5 Å². The zero-order valence-electron chi connectivity index (χ0n) is 15.6. The van der Waals surface area contributed by atoms with Crippen LogP contribution in [0.4, 0.5) is 10.8 Å². The second-order valence-corrected chi connectivity index (χ2v) is 9.23. The van der Waals surface area contributed by atoms with E-state index in [9.17, 15) is 18.0 Å². The molecule has 0 atom stereocenters. The molecule has 2 aromatic rings. The minimum Gasteiger partial charge on any atom is -0.481 e. The number of hydrogen-bond donors (Lipinski definition) is 3. The van der Waals surface area contributed by atoms with Crippen molar-refractivity contribution < 1.29 is 23.1 Å². The highest BCUT2D eigenvalue weighted by atomic mass is 35.5. The van der Waals surface area contributed by atoms with Gasteiger partial charge in [0.2, 0.25) is 5.91 Å². The highest BCUT2D eigenvalue weighted by Gasteiger charge is 2.23. The summed E-state index contributed by atoms with van der Waals surface area (Å²) in [7, 11) is -3.97. The van der Waals surface area contributed by atoms with E-state index in [1.165, 1.54) is 32.0 Å². The van der Waals surface area contributed by atoms with Gasteiger partial charge in [-0.3, -0.25) is 14.3 Å². The van der Waals surface area contributed by atoms with E-state index in [1.54, 1.807) is 0 Å². The summed E-state index contributed by atoms with van der Waals surface area (Å²) in [5, 5.41) is 11.7. The number of aromatic nitrogens is 1. The van der Waals surface area contributed by atoms with Gasteiger partial charge in [-0.05, 0) is 31.5 Å². The Kier molecular flexibility index (Phi) is 7.61. The number of rotatable bonds is 7. The molecule has 0 spiro atoms. The Morgan fingerprint density at radius 3 is 2.72 bits per heavy atom. The molecule has 0 aliphatic heterocycles. The summed E-state index contributed by atoms with van der Waals surface area (Å²) in [5.74, 6) is 4.39. The number of halogens is 1. The molecule has 0 bridgehead atoms. The van der Waals surface area contributed by atoms with Gasteiger partial charge in [-0.15, -0.1) is 0 Å². The molecule has 0 fully saturated rings. The van der Waals surface area contributed by atoms with Gasteiger partial charge in [0.05, 0.1) is 16.9 Å². The van der Waals surface area contributed by atoms with Crippen molar-refractivity contribution in [2.45, 2.75) is 37.3 Å². The van der Waals surface area contributed by atoms with Crippen molar-refractivity contribution in [3.8, 4) is 11.8 Å². The molecule has 154 valence electrons. The van der Waals surface area contributed by atoms with Crippen LogP contribution in [0.5, 0.6) is 0 Å². The maximum Gasteiger partial charge on any atom is 0.303 e. The van der Waals surface area contributed by atoms with Crippen LogP contribution in [0.1, 0.15) is 37.4 Å². The molecule has 29 heavy (non-hydrogen) atoms. The van der Waals surface area contributed by atoms with Crippen molar-refractivity contribution in [1.82, 2.24) is 4.98 Å². The average molecular weight is 456 g/mol.